The van der Waals surface area contributed by atoms with Crippen LogP contribution in [0.25, 0.3) is 11.0 Å². The lowest BCUT2D eigenvalue weighted by Gasteiger charge is -2.20. The summed E-state index contributed by atoms with van der Waals surface area (Å²) in [6.07, 6.45) is 0.729. The third-order valence-electron chi connectivity index (χ3n) is 4.75. The number of nitrogens with zero attached hydrogens (tertiary/aromatic N) is 3. The molecule has 1 amide bonds. The van der Waals surface area contributed by atoms with Gasteiger partial charge in [0.2, 0.25) is 5.91 Å². The number of likely N-dealkylation sites (N-methyl/N-ethyl adjacent to an activating group) is 1. The van der Waals surface area contributed by atoms with Gasteiger partial charge in [0.15, 0.2) is 0 Å². The van der Waals surface area contributed by atoms with E-state index in [1.807, 2.05) is 49.1 Å². The number of carbonyl (C=O) groups excluding carboxylic acids is 1. The maximum absolute atomic E-state index is 12.7. The summed E-state index contributed by atoms with van der Waals surface area (Å²) in [4.78, 5) is 19.3. The zero-order chi connectivity index (χ0) is 17.8. The number of aromatic nitrogens is 2. The molecule has 3 aromatic rings. The number of imidazole rings is 1. The van der Waals surface area contributed by atoms with Crippen LogP contribution in [-0.4, -0.2) is 33.4 Å². The van der Waals surface area contributed by atoms with Gasteiger partial charge in [-0.2, -0.15) is 0 Å². The minimum atomic E-state index is 0.138. The molecule has 4 nitrogen and oxygen atoms in total. The van der Waals surface area contributed by atoms with Crippen LogP contribution < -0.4 is 0 Å². The summed E-state index contributed by atoms with van der Waals surface area (Å²) in [5.41, 5.74) is 4.45. The number of para-hydroxylation sites is 2. The number of hydrogen-bond acceptors (Lipinski definition) is 2. The van der Waals surface area contributed by atoms with Crippen molar-refractivity contribution >= 4 is 16.9 Å². The smallest absolute Gasteiger partial charge is 0.242 e. The second kappa shape index (κ2) is 7.51. The summed E-state index contributed by atoms with van der Waals surface area (Å²) in [5, 5.41) is 0. The van der Waals surface area contributed by atoms with Crippen LogP contribution in [0.4, 0.5) is 0 Å². The first-order valence-corrected chi connectivity index (χ1v) is 8.90. The van der Waals surface area contributed by atoms with Gasteiger partial charge in [0.25, 0.3) is 0 Å². The van der Waals surface area contributed by atoms with Gasteiger partial charge in [-0.05, 0) is 44.0 Å². The van der Waals surface area contributed by atoms with E-state index in [1.165, 1.54) is 11.1 Å². The zero-order valence-corrected chi connectivity index (χ0v) is 15.2. The summed E-state index contributed by atoms with van der Waals surface area (Å²) in [5.74, 6) is 1.08. The van der Waals surface area contributed by atoms with Gasteiger partial charge in [0.1, 0.15) is 12.4 Å². The van der Waals surface area contributed by atoms with E-state index in [2.05, 4.69) is 29.7 Å². The minimum absolute atomic E-state index is 0.138. The molecule has 0 atom stereocenters. The van der Waals surface area contributed by atoms with Crippen LogP contribution in [0.3, 0.4) is 0 Å². The third kappa shape index (κ3) is 3.58. The normalized spacial score (nSPS) is 11.0. The average molecular weight is 335 g/mol. The summed E-state index contributed by atoms with van der Waals surface area (Å²) >= 11 is 0. The van der Waals surface area contributed by atoms with Crippen molar-refractivity contribution in [2.45, 2.75) is 33.7 Å². The topological polar surface area (TPSA) is 38.1 Å². The standard InChI is InChI=1S/C21H25N3O/c1-4-23(5-2)21(25)15-24-19-13-9-8-12-18(19)22-20(24)14-17-11-7-6-10-16(17)3/h6-13H,4-5,14-15H2,1-3H3. The molecule has 2 aromatic carbocycles. The predicted octanol–water partition coefficient (Wildman–Crippen LogP) is 3.80. The molecule has 0 radical (unpaired) electrons. The van der Waals surface area contributed by atoms with Crippen molar-refractivity contribution < 1.29 is 4.79 Å². The molecule has 1 aromatic heterocycles. The van der Waals surface area contributed by atoms with Crippen molar-refractivity contribution in [3.63, 3.8) is 0 Å². The van der Waals surface area contributed by atoms with Crippen LogP contribution in [0.5, 0.6) is 0 Å². The Hall–Kier alpha value is -2.62. The fraction of sp³-hybridized carbons (Fsp3) is 0.333. The molecule has 3 rings (SSSR count). The summed E-state index contributed by atoms with van der Waals surface area (Å²) in [6.45, 7) is 7.94. The second-order valence-corrected chi connectivity index (χ2v) is 6.27. The molecule has 1 heterocycles. The lowest BCUT2D eigenvalue weighted by Crippen LogP contribution is -2.33. The van der Waals surface area contributed by atoms with E-state index in [1.54, 1.807) is 0 Å². The van der Waals surface area contributed by atoms with E-state index in [0.717, 1.165) is 36.4 Å². The number of benzene rings is 2. The molecule has 0 unspecified atom stereocenters. The molecule has 0 bridgehead atoms. The lowest BCUT2D eigenvalue weighted by molar-refractivity contribution is -0.131. The minimum Gasteiger partial charge on any atom is -0.342 e. The fourth-order valence-electron chi connectivity index (χ4n) is 3.23. The Morgan fingerprint density at radius 2 is 1.72 bits per heavy atom. The number of amides is 1. The first kappa shape index (κ1) is 17.2. The molecule has 0 aliphatic carbocycles. The maximum atomic E-state index is 12.7. The molecule has 0 saturated carbocycles. The first-order valence-electron chi connectivity index (χ1n) is 8.90. The molecule has 0 aliphatic heterocycles. The first-order chi connectivity index (χ1) is 12.1. The summed E-state index contributed by atoms with van der Waals surface area (Å²) in [7, 11) is 0. The van der Waals surface area contributed by atoms with Gasteiger partial charge in [-0.3, -0.25) is 4.79 Å². The SMILES string of the molecule is CCN(CC)C(=O)Cn1c(Cc2ccccc2C)nc2ccccc21. The number of fused-ring (bicyclic) bond motifs is 1. The molecule has 130 valence electrons. The van der Waals surface area contributed by atoms with Crippen molar-refractivity contribution in [3.8, 4) is 0 Å². The van der Waals surface area contributed by atoms with E-state index in [0.29, 0.717) is 6.54 Å². The van der Waals surface area contributed by atoms with Crippen LogP contribution in [-0.2, 0) is 17.8 Å². The van der Waals surface area contributed by atoms with E-state index in [9.17, 15) is 4.79 Å². The van der Waals surface area contributed by atoms with E-state index >= 15 is 0 Å². The molecule has 0 spiro atoms. The van der Waals surface area contributed by atoms with Gasteiger partial charge in [0.05, 0.1) is 11.0 Å². The Balaban J connectivity index is 2.00. The summed E-state index contributed by atoms with van der Waals surface area (Å²) in [6, 6.07) is 16.4. The molecule has 0 N–H and O–H groups in total. The Kier molecular flexibility index (Phi) is 5.17. The number of carbonyl (C=O) groups is 1. The highest BCUT2D eigenvalue weighted by Gasteiger charge is 2.17. The predicted molar refractivity (Wildman–Crippen MR) is 102 cm³/mol. The fourth-order valence-corrected chi connectivity index (χ4v) is 3.23. The highest BCUT2D eigenvalue weighted by atomic mass is 16.2. The molecular weight excluding hydrogens is 310 g/mol. The number of hydrogen-bond donors (Lipinski definition) is 0. The van der Waals surface area contributed by atoms with Crippen molar-refractivity contribution in [1.82, 2.24) is 14.5 Å². The monoisotopic (exact) mass is 335 g/mol. The Morgan fingerprint density at radius 1 is 1.04 bits per heavy atom. The van der Waals surface area contributed by atoms with Gasteiger partial charge < -0.3 is 9.47 Å². The van der Waals surface area contributed by atoms with E-state index in [-0.39, 0.29) is 5.91 Å². The second-order valence-electron chi connectivity index (χ2n) is 6.27. The molecule has 0 fully saturated rings. The van der Waals surface area contributed by atoms with Gasteiger partial charge in [0, 0.05) is 19.5 Å². The third-order valence-corrected chi connectivity index (χ3v) is 4.75. The largest absolute Gasteiger partial charge is 0.342 e. The van der Waals surface area contributed by atoms with Crippen LogP contribution in [0.2, 0.25) is 0 Å². The molecule has 0 saturated heterocycles. The van der Waals surface area contributed by atoms with E-state index < -0.39 is 0 Å². The van der Waals surface area contributed by atoms with Crippen molar-refractivity contribution in [3.05, 3.63) is 65.5 Å². The van der Waals surface area contributed by atoms with Crippen LogP contribution >= 0.6 is 0 Å². The quantitative estimate of drug-likeness (QED) is 0.687. The average Bonchev–Trinajstić information content (AvgIpc) is 2.95. The van der Waals surface area contributed by atoms with Crippen molar-refractivity contribution in [2.24, 2.45) is 0 Å². The van der Waals surface area contributed by atoms with Crippen LogP contribution in [0.1, 0.15) is 30.8 Å². The van der Waals surface area contributed by atoms with Gasteiger partial charge in [-0.15, -0.1) is 0 Å². The highest BCUT2D eigenvalue weighted by molar-refractivity contribution is 5.81. The number of aryl methyl sites for hydroxylation is 1. The maximum Gasteiger partial charge on any atom is 0.242 e. The van der Waals surface area contributed by atoms with Crippen LogP contribution in [0, 0.1) is 6.92 Å². The Labute approximate surface area is 149 Å². The molecule has 25 heavy (non-hydrogen) atoms. The molecule has 0 aliphatic rings. The molecular formula is C21H25N3O. The van der Waals surface area contributed by atoms with Crippen molar-refractivity contribution in [2.75, 3.05) is 13.1 Å². The summed E-state index contributed by atoms with van der Waals surface area (Å²) < 4.78 is 2.07. The van der Waals surface area contributed by atoms with Gasteiger partial charge in [-0.1, -0.05) is 36.4 Å². The Bertz CT molecular complexity index is 878. The van der Waals surface area contributed by atoms with Gasteiger partial charge in [-0.25, -0.2) is 4.98 Å². The molecule has 4 heteroatoms. The lowest BCUT2D eigenvalue weighted by atomic mass is 10.1. The zero-order valence-electron chi connectivity index (χ0n) is 15.2. The van der Waals surface area contributed by atoms with Crippen LogP contribution in [0.15, 0.2) is 48.5 Å². The number of rotatable bonds is 6. The van der Waals surface area contributed by atoms with Gasteiger partial charge >= 0.3 is 0 Å². The highest BCUT2D eigenvalue weighted by Crippen LogP contribution is 2.20. The Morgan fingerprint density at radius 3 is 2.44 bits per heavy atom. The van der Waals surface area contributed by atoms with Crippen molar-refractivity contribution in [1.29, 1.82) is 0 Å². The van der Waals surface area contributed by atoms with E-state index in [4.69, 9.17) is 4.98 Å².